The van der Waals surface area contributed by atoms with Crippen LogP contribution in [0.1, 0.15) is 19.5 Å². The lowest BCUT2D eigenvalue weighted by atomic mass is 10.3. The van der Waals surface area contributed by atoms with Crippen molar-refractivity contribution in [2.75, 3.05) is 26.2 Å². The molecule has 2 rings (SSSR count). The summed E-state index contributed by atoms with van der Waals surface area (Å²) in [6.45, 7) is 7.89. The van der Waals surface area contributed by atoms with E-state index in [-0.39, 0.29) is 5.91 Å². The normalized spacial score (nSPS) is 11.3. The van der Waals surface area contributed by atoms with Crippen LogP contribution in [0, 0.1) is 0 Å². The van der Waals surface area contributed by atoms with Crippen molar-refractivity contribution in [3.63, 3.8) is 0 Å². The molecule has 0 fully saturated rings. The Hall–Kier alpha value is -1.40. The molecule has 0 aromatic carbocycles. The van der Waals surface area contributed by atoms with E-state index in [1.54, 1.807) is 11.3 Å². The molecule has 2 heterocycles. The Kier molecular flexibility index (Phi) is 4.93. The molecule has 0 unspecified atom stereocenters. The molecule has 6 heteroatoms. The number of hydrogen-bond acceptors (Lipinski definition) is 4. The number of aromatic nitrogens is 2. The van der Waals surface area contributed by atoms with Crippen LogP contribution in [0.4, 0.5) is 0 Å². The molecule has 2 aromatic rings. The highest BCUT2D eigenvalue weighted by Crippen LogP contribution is 2.11. The van der Waals surface area contributed by atoms with Gasteiger partial charge in [0.25, 0.3) is 0 Å². The first-order valence-corrected chi connectivity index (χ1v) is 7.51. The van der Waals surface area contributed by atoms with E-state index in [1.807, 2.05) is 22.2 Å². The molecule has 0 saturated heterocycles. The number of carbonyl (C=O) groups is 1. The van der Waals surface area contributed by atoms with Gasteiger partial charge in [-0.3, -0.25) is 9.20 Å². The average Bonchev–Trinajstić information content (AvgIpc) is 2.95. The van der Waals surface area contributed by atoms with Gasteiger partial charge in [0.1, 0.15) is 0 Å². The monoisotopic (exact) mass is 280 g/mol. The van der Waals surface area contributed by atoms with E-state index in [2.05, 4.69) is 29.0 Å². The lowest BCUT2D eigenvalue weighted by molar-refractivity contribution is -0.120. The van der Waals surface area contributed by atoms with Gasteiger partial charge < -0.3 is 10.2 Å². The van der Waals surface area contributed by atoms with Crippen LogP contribution in [0.5, 0.6) is 0 Å². The van der Waals surface area contributed by atoms with Crippen molar-refractivity contribution in [2.24, 2.45) is 0 Å². The number of hydrogen-bond donors (Lipinski definition) is 1. The SMILES string of the molecule is CCN(CC)CCNC(=O)Cc1cn2ccsc2n1. The highest BCUT2D eigenvalue weighted by atomic mass is 32.1. The molecule has 0 radical (unpaired) electrons. The smallest absolute Gasteiger partial charge is 0.226 e. The van der Waals surface area contributed by atoms with E-state index in [4.69, 9.17) is 0 Å². The van der Waals surface area contributed by atoms with E-state index >= 15 is 0 Å². The van der Waals surface area contributed by atoms with Gasteiger partial charge in [-0.1, -0.05) is 13.8 Å². The third-order valence-corrected chi connectivity index (χ3v) is 3.90. The van der Waals surface area contributed by atoms with Crippen molar-refractivity contribution in [2.45, 2.75) is 20.3 Å². The average molecular weight is 280 g/mol. The molecule has 2 aromatic heterocycles. The van der Waals surface area contributed by atoms with E-state index in [1.165, 1.54) is 0 Å². The Labute approximate surface area is 117 Å². The second-order valence-electron chi connectivity index (χ2n) is 4.38. The minimum absolute atomic E-state index is 0.0397. The van der Waals surface area contributed by atoms with Gasteiger partial charge in [-0.25, -0.2) is 4.98 Å². The number of fused-ring (bicyclic) bond motifs is 1. The van der Waals surface area contributed by atoms with Crippen molar-refractivity contribution in [3.05, 3.63) is 23.5 Å². The Morgan fingerprint density at radius 1 is 1.47 bits per heavy atom. The first kappa shape index (κ1) is 14.0. The van der Waals surface area contributed by atoms with E-state index in [9.17, 15) is 4.79 Å². The molecule has 104 valence electrons. The van der Waals surface area contributed by atoms with Crippen molar-refractivity contribution < 1.29 is 4.79 Å². The summed E-state index contributed by atoms with van der Waals surface area (Å²) in [5.74, 6) is 0.0397. The van der Waals surface area contributed by atoms with Gasteiger partial charge in [0, 0.05) is 30.9 Å². The fraction of sp³-hybridized carbons (Fsp3) is 0.538. The van der Waals surface area contributed by atoms with Crippen LogP contribution in [0.3, 0.4) is 0 Å². The summed E-state index contributed by atoms with van der Waals surface area (Å²) in [7, 11) is 0. The Balaban J connectivity index is 1.76. The lowest BCUT2D eigenvalue weighted by Gasteiger charge is -2.17. The van der Waals surface area contributed by atoms with Crippen LogP contribution in [0.2, 0.25) is 0 Å². The molecular weight excluding hydrogens is 260 g/mol. The van der Waals surface area contributed by atoms with Gasteiger partial charge in [0.05, 0.1) is 12.1 Å². The molecule has 0 bridgehead atoms. The summed E-state index contributed by atoms with van der Waals surface area (Å²) in [6.07, 6.45) is 4.22. The van der Waals surface area contributed by atoms with Crippen LogP contribution in [-0.2, 0) is 11.2 Å². The van der Waals surface area contributed by atoms with Gasteiger partial charge in [-0.05, 0) is 13.1 Å². The minimum Gasteiger partial charge on any atom is -0.354 e. The lowest BCUT2D eigenvalue weighted by Crippen LogP contribution is -2.35. The van der Waals surface area contributed by atoms with E-state index < -0.39 is 0 Å². The largest absolute Gasteiger partial charge is 0.354 e. The molecule has 0 atom stereocenters. The zero-order chi connectivity index (χ0) is 13.7. The zero-order valence-corrected chi connectivity index (χ0v) is 12.2. The van der Waals surface area contributed by atoms with Crippen molar-refractivity contribution >= 4 is 22.2 Å². The van der Waals surface area contributed by atoms with Gasteiger partial charge in [-0.2, -0.15) is 0 Å². The van der Waals surface area contributed by atoms with Crippen LogP contribution in [0.25, 0.3) is 4.96 Å². The molecule has 1 amide bonds. The van der Waals surface area contributed by atoms with Crippen LogP contribution in [-0.4, -0.2) is 46.4 Å². The van der Waals surface area contributed by atoms with Crippen LogP contribution < -0.4 is 5.32 Å². The first-order chi connectivity index (χ1) is 9.22. The van der Waals surface area contributed by atoms with E-state index in [0.717, 1.165) is 30.3 Å². The van der Waals surface area contributed by atoms with Crippen molar-refractivity contribution in [3.8, 4) is 0 Å². The second-order valence-corrected chi connectivity index (χ2v) is 5.25. The number of likely N-dealkylation sites (N-methyl/N-ethyl adjacent to an activating group) is 1. The number of nitrogens with one attached hydrogen (secondary N) is 1. The summed E-state index contributed by atoms with van der Waals surface area (Å²) in [6, 6.07) is 0. The predicted molar refractivity (Wildman–Crippen MR) is 77.6 cm³/mol. The molecule has 5 nitrogen and oxygen atoms in total. The summed E-state index contributed by atoms with van der Waals surface area (Å²) in [4.78, 5) is 19.4. The van der Waals surface area contributed by atoms with Gasteiger partial charge in [0.15, 0.2) is 4.96 Å². The third kappa shape index (κ3) is 3.78. The highest BCUT2D eigenvalue weighted by Gasteiger charge is 2.08. The Morgan fingerprint density at radius 3 is 2.95 bits per heavy atom. The number of thiazole rings is 1. The highest BCUT2D eigenvalue weighted by molar-refractivity contribution is 7.15. The van der Waals surface area contributed by atoms with Crippen LogP contribution >= 0.6 is 11.3 Å². The van der Waals surface area contributed by atoms with Gasteiger partial charge in [-0.15, -0.1) is 11.3 Å². The minimum atomic E-state index is 0.0397. The molecule has 0 saturated carbocycles. The molecule has 0 aliphatic heterocycles. The molecule has 1 N–H and O–H groups in total. The zero-order valence-electron chi connectivity index (χ0n) is 11.4. The second kappa shape index (κ2) is 6.68. The Bertz CT molecular complexity index is 501. The molecular formula is C13H20N4OS. The van der Waals surface area contributed by atoms with Crippen molar-refractivity contribution in [1.29, 1.82) is 0 Å². The summed E-state index contributed by atoms with van der Waals surface area (Å²) in [5.41, 5.74) is 0.826. The first-order valence-electron chi connectivity index (χ1n) is 6.63. The maximum Gasteiger partial charge on any atom is 0.226 e. The number of nitrogens with zero attached hydrogens (tertiary/aromatic N) is 3. The molecule has 19 heavy (non-hydrogen) atoms. The number of amides is 1. The van der Waals surface area contributed by atoms with E-state index in [0.29, 0.717) is 13.0 Å². The maximum atomic E-state index is 11.8. The Morgan fingerprint density at radius 2 is 2.26 bits per heavy atom. The quantitative estimate of drug-likeness (QED) is 0.834. The topological polar surface area (TPSA) is 49.6 Å². The number of carbonyl (C=O) groups excluding carboxylic acids is 1. The standard InChI is InChI=1S/C13H20N4OS/c1-3-16(4-2)6-5-14-12(18)9-11-10-17-7-8-19-13(17)15-11/h7-8,10H,3-6,9H2,1-2H3,(H,14,18). The maximum absolute atomic E-state index is 11.8. The molecule has 0 aliphatic carbocycles. The van der Waals surface area contributed by atoms with Crippen LogP contribution in [0.15, 0.2) is 17.8 Å². The fourth-order valence-corrected chi connectivity index (χ4v) is 2.70. The summed E-state index contributed by atoms with van der Waals surface area (Å²) >= 11 is 1.58. The number of imidazole rings is 1. The molecule has 0 spiro atoms. The summed E-state index contributed by atoms with van der Waals surface area (Å²) < 4.78 is 1.95. The number of rotatable bonds is 7. The predicted octanol–water partition coefficient (Wildman–Crippen LogP) is 1.40. The molecule has 0 aliphatic rings. The third-order valence-electron chi connectivity index (χ3n) is 3.13. The van der Waals surface area contributed by atoms with Gasteiger partial charge in [0.2, 0.25) is 5.91 Å². The van der Waals surface area contributed by atoms with Gasteiger partial charge >= 0.3 is 0 Å². The summed E-state index contributed by atoms with van der Waals surface area (Å²) in [5, 5.41) is 4.92. The van der Waals surface area contributed by atoms with Crippen molar-refractivity contribution in [1.82, 2.24) is 19.6 Å². The fourth-order valence-electron chi connectivity index (χ4n) is 1.98.